The van der Waals surface area contributed by atoms with Crippen LogP contribution in [0.3, 0.4) is 0 Å². The maximum Gasteiger partial charge on any atom is 0.212 e. The minimum Gasteiger partial charge on any atom is -0.483 e. The van der Waals surface area contributed by atoms with Crippen LogP contribution in [0.25, 0.3) is 0 Å². The van der Waals surface area contributed by atoms with Crippen molar-refractivity contribution in [2.24, 2.45) is 16.6 Å². The number of ether oxygens (including phenoxy) is 1. The Kier molecular flexibility index (Phi) is 4.79. The van der Waals surface area contributed by atoms with Crippen molar-refractivity contribution in [3.8, 4) is 5.75 Å². The van der Waals surface area contributed by atoms with Gasteiger partial charge in [0.05, 0.1) is 6.04 Å². The van der Waals surface area contributed by atoms with E-state index >= 15 is 0 Å². The molecule has 5 nitrogen and oxygen atoms in total. The first kappa shape index (κ1) is 14.6. The molecular weight excluding hydrogens is 276 g/mol. The number of rotatable bonds is 6. The van der Waals surface area contributed by atoms with Crippen molar-refractivity contribution < 1.29 is 14.3 Å². The van der Waals surface area contributed by atoms with Crippen LogP contribution in [0.4, 0.5) is 0 Å². The maximum absolute atomic E-state index is 12.3. The fraction of sp³-hybridized carbons (Fsp3) is 0.357. The molecule has 1 aliphatic rings. The van der Waals surface area contributed by atoms with E-state index in [4.69, 9.17) is 10.5 Å². The predicted octanol–water partition coefficient (Wildman–Crippen LogP) is 1.18. The van der Waals surface area contributed by atoms with Crippen molar-refractivity contribution in [2.45, 2.75) is 19.1 Å². The van der Waals surface area contributed by atoms with Gasteiger partial charge in [0.2, 0.25) is 6.29 Å². The molecule has 6 heteroatoms. The molecule has 0 aromatic heterocycles. The van der Waals surface area contributed by atoms with Gasteiger partial charge in [0.1, 0.15) is 11.7 Å². The molecule has 20 heavy (non-hydrogen) atoms. The summed E-state index contributed by atoms with van der Waals surface area (Å²) in [5.41, 5.74) is 5.56. The Labute approximate surface area is 121 Å². The summed E-state index contributed by atoms with van der Waals surface area (Å²) in [5.74, 6) is -0.146. The van der Waals surface area contributed by atoms with Gasteiger partial charge >= 0.3 is 0 Å². The van der Waals surface area contributed by atoms with E-state index in [1.807, 2.05) is 18.2 Å². The van der Waals surface area contributed by atoms with E-state index in [9.17, 15) is 9.59 Å². The summed E-state index contributed by atoms with van der Waals surface area (Å²) >= 11 is 1.34. The van der Waals surface area contributed by atoms with Crippen LogP contribution in [0.5, 0.6) is 5.75 Å². The average Bonchev–Trinajstić information content (AvgIpc) is 2.87. The maximum atomic E-state index is 12.3. The standard InChI is InChI=1S/C14H15N2O3S/c1-9(19-10-5-3-2-4-6-10)13(18)11(7-17)12-8-20-14(15)16-12/h2-6,9,11-12H,8H2,1H3,(H2,15,16). The van der Waals surface area contributed by atoms with Crippen LogP contribution in [0, 0.1) is 5.92 Å². The summed E-state index contributed by atoms with van der Waals surface area (Å²) in [4.78, 5) is 27.4. The van der Waals surface area contributed by atoms with Crippen LogP contribution in [-0.4, -0.2) is 35.1 Å². The minimum atomic E-state index is -0.928. The molecule has 3 atom stereocenters. The summed E-state index contributed by atoms with van der Waals surface area (Å²) in [6.07, 6.45) is 1.04. The lowest BCUT2D eigenvalue weighted by molar-refractivity contribution is -0.127. The summed E-state index contributed by atoms with van der Waals surface area (Å²) in [6, 6.07) is 8.56. The van der Waals surface area contributed by atoms with Crippen LogP contribution >= 0.6 is 11.8 Å². The number of nitrogens with two attached hydrogens (primary N) is 1. The lowest BCUT2D eigenvalue weighted by Gasteiger charge is -2.19. The van der Waals surface area contributed by atoms with Gasteiger partial charge in [-0.15, -0.1) is 0 Å². The molecule has 0 aliphatic carbocycles. The second-order valence-electron chi connectivity index (χ2n) is 4.42. The van der Waals surface area contributed by atoms with Crippen molar-refractivity contribution in [3.05, 3.63) is 30.3 Å². The molecule has 1 aromatic carbocycles. The van der Waals surface area contributed by atoms with Gasteiger partial charge in [-0.25, -0.2) is 0 Å². The van der Waals surface area contributed by atoms with E-state index in [0.717, 1.165) is 0 Å². The smallest absolute Gasteiger partial charge is 0.212 e. The number of Topliss-reactive ketones (excluding diaryl/α,β-unsaturated/α-hetero) is 1. The lowest BCUT2D eigenvalue weighted by Crippen LogP contribution is -2.37. The zero-order valence-corrected chi connectivity index (χ0v) is 11.8. The normalized spacial score (nSPS) is 20.9. The molecule has 3 unspecified atom stereocenters. The van der Waals surface area contributed by atoms with Gasteiger partial charge in [0.25, 0.3) is 0 Å². The van der Waals surface area contributed by atoms with E-state index < -0.39 is 18.1 Å². The zero-order chi connectivity index (χ0) is 14.5. The third kappa shape index (κ3) is 3.39. The van der Waals surface area contributed by atoms with Gasteiger partial charge in [0.15, 0.2) is 17.1 Å². The summed E-state index contributed by atoms with van der Waals surface area (Å²) < 4.78 is 5.53. The number of aliphatic imine (C=N–C) groups is 1. The third-order valence-corrected chi connectivity index (χ3v) is 3.88. The number of benzene rings is 1. The van der Waals surface area contributed by atoms with Gasteiger partial charge in [-0.3, -0.25) is 14.6 Å². The summed E-state index contributed by atoms with van der Waals surface area (Å²) in [6.45, 7) is 1.62. The number of nitrogens with zero attached hydrogens (tertiary/aromatic N) is 1. The Balaban J connectivity index is 2.03. The number of hydrogen-bond acceptors (Lipinski definition) is 6. The number of ketones is 1. The number of thioether (sulfide) groups is 1. The van der Waals surface area contributed by atoms with Crippen molar-refractivity contribution in [1.29, 1.82) is 0 Å². The molecule has 1 heterocycles. The topological polar surface area (TPSA) is 81.8 Å². The first-order valence-electron chi connectivity index (χ1n) is 6.21. The largest absolute Gasteiger partial charge is 0.483 e. The Morgan fingerprint density at radius 1 is 1.50 bits per heavy atom. The number of para-hydroxylation sites is 1. The molecule has 0 fully saturated rings. The highest BCUT2D eigenvalue weighted by atomic mass is 32.2. The van der Waals surface area contributed by atoms with Crippen LogP contribution in [0.2, 0.25) is 0 Å². The van der Waals surface area contributed by atoms with Crippen LogP contribution in [0.15, 0.2) is 35.3 Å². The number of carbonyl (C=O) groups excluding carboxylic acids is 2. The van der Waals surface area contributed by atoms with Gasteiger partial charge in [0, 0.05) is 5.75 Å². The van der Waals surface area contributed by atoms with E-state index in [1.165, 1.54) is 11.8 Å². The number of hydrogen-bond donors (Lipinski definition) is 1. The van der Waals surface area contributed by atoms with Crippen LogP contribution in [-0.2, 0) is 9.59 Å². The van der Waals surface area contributed by atoms with Crippen molar-refractivity contribution in [2.75, 3.05) is 5.75 Å². The average molecular weight is 291 g/mol. The fourth-order valence-electron chi connectivity index (χ4n) is 1.92. The monoisotopic (exact) mass is 291 g/mol. The van der Waals surface area contributed by atoms with E-state index in [2.05, 4.69) is 4.99 Å². The highest BCUT2D eigenvalue weighted by molar-refractivity contribution is 8.14. The fourth-order valence-corrected chi connectivity index (χ4v) is 2.74. The molecule has 0 amide bonds. The van der Waals surface area contributed by atoms with Crippen LogP contribution < -0.4 is 10.5 Å². The van der Waals surface area contributed by atoms with Gasteiger partial charge in [-0.1, -0.05) is 30.0 Å². The molecule has 1 aromatic rings. The molecule has 0 spiro atoms. The Morgan fingerprint density at radius 2 is 2.20 bits per heavy atom. The van der Waals surface area contributed by atoms with Gasteiger partial charge < -0.3 is 10.5 Å². The zero-order valence-electron chi connectivity index (χ0n) is 11.0. The molecule has 1 aliphatic heterocycles. The SMILES string of the molecule is CC(Oc1ccccc1)C(=O)C([C]=O)C1CSC(N)=N1. The van der Waals surface area contributed by atoms with Gasteiger partial charge in [-0.05, 0) is 19.1 Å². The third-order valence-electron chi connectivity index (χ3n) is 2.97. The van der Waals surface area contributed by atoms with E-state index in [-0.39, 0.29) is 5.78 Å². The Hall–Kier alpha value is -1.82. The van der Waals surface area contributed by atoms with Crippen LogP contribution in [0.1, 0.15) is 6.92 Å². The molecule has 105 valence electrons. The van der Waals surface area contributed by atoms with Crippen molar-refractivity contribution >= 4 is 29.0 Å². The van der Waals surface area contributed by atoms with Crippen molar-refractivity contribution in [3.63, 3.8) is 0 Å². The Morgan fingerprint density at radius 3 is 2.75 bits per heavy atom. The minimum absolute atomic E-state index is 0.326. The molecule has 0 bridgehead atoms. The van der Waals surface area contributed by atoms with E-state index in [1.54, 1.807) is 25.3 Å². The molecule has 0 saturated carbocycles. The molecule has 2 rings (SSSR count). The summed E-state index contributed by atoms with van der Waals surface area (Å²) in [7, 11) is 0. The summed E-state index contributed by atoms with van der Waals surface area (Å²) in [5, 5.41) is 0.402. The Bertz CT molecular complexity index is 518. The highest BCUT2D eigenvalue weighted by Gasteiger charge is 2.35. The lowest BCUT2D eigenvalue weighted by atomic mass is 9.95. The predicted molar refractivity (Wildman–Crippen MR) is 78.6 cm³/mol. The molecule has 0 saturated heterocycles. The number of carbonyl (C=O) groups is 1. The molecular formula is C14H15N2O3S. The van der Waals surface area contributed by atoms with E-state index in [0.29, 0.717) is 16.7 Å². The second-order valence-corrected chi connectivity index (χ2v) is 5.46. The molecule has 2 N–H and O–H groups in total. The van der Waals surface area contributed by atoms with Gasteiger partial charge in [-0.2, -0.15) is 0 Å². The first-order chi connectivity index (χ1) is 9.61. The highest BCUT2D eigenvalue weighted by Crippen LogP contribution is 2.23. The molecule has 1 radical (unpaired) electrons. The van der Waals surface area contributed by atoms with Crippen molar-refractivity contribution in [1.82, 2.24) is 0 Å². The number of amidine groups is 1. The second kappa shape index (κ2) is 6.56. The first-order valence-corrected chi connectivity index (χ1v) is 7.19. The quantitative estimate of drug-likeness (QED) is 0.796.